The number of allylic oxidation sites excluding steroid dienone is 1. The van der Waals surface area contributed by atoms with Crippen LogP contribution in [0.15, 0.2) is 95.9 Å². The van der Waals surface area contributed by atoms with E-state index >= 15 is 0 Å². The molecule has 3 aromatic carbocycles. The zero-order valence-electron chi connectivity index (χ0n) is 25.6. The van der Waals surface area contributed by atoms with E-state index in [-0.39, 0.29) is 29.3 Å². The average molecular weight is 624 g/mol. The number of nitrogens with one attached hydrogen (secondary N) is 1. The van der Waals surface area contributed by atoms with E-state index in [0.29, 0.717) is 46.2 Å². The molecular weight excluding hydrogens is 590 g/mol. The molecule has 5 rings (SSSR count). The molecule has 0 atom stereocenters. The second-order valence-corrected chi connectivity index (χ2v) is 11.1. The van der Waals surface area contributed by atoms with E-state index in [1.54, 1.807) is 35.0 Å². The number of methoxy groups -OCH3 is 2. The van der Waals surface area contributed by atoms with Crippen molar-refractivity contribution in [3.8, 4) is 22.6 Å². The molecule has 5 aromatic rings. The summed E-state index contributed by atoms with van der Waals surface area (Å²) >= 11 is 6.74. The number of likely N-dealkylation sites (N-methyl/N-ethyl adjacent to an activating group) is 1. The lowest BCUT2D eigenvalue weighted by molar-refractivity contribution is -0.114. The molecule has 0 aliphatic heterocycles. The maximum atomic E-state index is 14.3. The zero-order valence-corrected chi connectivity index (χ0v) is 26.3. The van der Waals surface area contributed by atoms with E-state index in [4.69, 9.17) is 26.1 Å². The topological polar surface area (TPSA) is 98.6 Å². The quantitative estimate of drug-likeness (QED) is 0.165. The van der Waals surface area contributed by atoms with Crippen LogP contribution in [0.3, 0.4) is 0 Å². The first-order valence-electron chi connectivity index (χ1n) is 14.3. The second-order valence-electron chi connectivity index (χ2n) is 10.7. The molecule has 230 valence electrons. The third-order valence-corrected chi connectivity index (χ3v) is 7.49. The van der Waals surface area contributed by atoms with Gasteiger partial charge >= 0.3 is 0 Å². The van der Waals surface area contributed by atoms with E-state index in [2.05, 4.69) is 10.3 Å². The molecule has 0 aliphatic rings. The van der Waals surface area contributed by atoms with E-state index in [9.17, 15) is 9.59 Å². The van der Waals surface area contributed by atoms with Crippen LogP contribution < -0.4 is 20.3 Å². The molecule has 0 unspecified atom stereocenters. The molecule has 0 radical (unpaired) electrons. The van der Waals surface area contributed by atoms with Gasteiger partial charge in [-0.3, -0.25) is 14.2 Å². The number of rotatable bonds is 12. The Morgan fingerprint density at radius 2 is 1.76 bits per heavy atom. The summed E-state index contributed by atoms with van der Waals surface area (Å²) in [7, 11) is 6.94. The third kappa shape index (κ3) is 7.57. The third-order valence-electron chi connectivity index (χ3n) is 7.10. The highest BCUT2D eigenvalue weighted by atomic mass is 35.5. The molecule has 2 aromatic heterocycles. The van der Waals surface area contributed by atoms with Gasteiger partial charge in [-0.15, -0.1) is 0 Å². The number of nitrogens with zero attached hydrogens (tertiary/aromatic N) is 4. The molecule has 0 spiro atoms. The number of ketones is 1. The van der Waals surface area contributed by atoms with Crippen LogP contribution in [0.1, 0.15) is 11.1 Å². The van der Waals surface area contributed by atoms with Crippen LogP contribution in [0.5, 0.6) is 11.5 Å². The van der Waals surface area contributed by atoms with Crippen LogP contribution in [0.4, 0.5) is 11.6 Å². The van der Waals surface area contributed by atoms with Crippen molar-refractivity contribution in [2.45, 2.75) is 13.0 Å². The normalized spacial score (nSPS) is 11.3. The van der Waals surface area contributed by atoms with Crippen LogP contribution in [-0.2, 0) is 17.8 Å². The van der Waals surface area contributed by atoms with Crippen molar-refractivity contribution in [2.24, 2.45) is 0 Å². The summed E-state index contributed by atoms with van der Waals surface area (Å²) < 4.78 is 12.5. The van der Waals surface area contributed by atoms with Crippen LogP contribution >= 0.6 is 11.6 Å². The van der Waals surface area contributed by atoms with Crippen molar-refractivity contribution < 1.29 is 14.3 Å². The Bertz CT molecular complexity index is 1920. The number of anilines is 2. The minimum absolute atomic E-state index is 0.00426. The summed E-state index contributed by atoms with van der Waals surface area (Å²) in [5, 5.41) is 4.13. The summed E-state index contributed by atoms with van der Waals surface area (Å²) in [4.78, 5) is 38.2. The number of ether oxygens (including phenoxy) is 2. The number of carbonyl (C=O) groups is 1. The second kappa shape index (κ2) is 14.2. The molecule has 2 heterocycles. The molecule has 0 fully saturated rings. The van der Waals surface area contributed by atoms with Gasteiger partial charge in [0, 0.05) is 47.4 Å². The average Bonchev–Trinajstić information content (AvgIpc) is 3.03. The van der Waals surface area contributed by atoms with Crippen LogP contribution in [0.25, 0.3) is 22.2 Å². The minimum Gasteiger partial charge on any atom is -0.497 e. The van der Waals surface area contributed by atoms with Crippen molar-refractivity contribution in [3.63, 3.8) is 0 Å². The number of fused-ring (bicyclic) bond motifs is 1. The van der Waals surface area contributed by atoms with E-state index in [1.165, 1.54) is 14.2 Å². The van der Waals surface area contributed by atoms with Gasteiger partial charge in [-0.1, -0.05) is 60.1 Å². The predicted molar refractivity (Wildman–Crippen MR) is 179 cm³/mol. The largest absolute Gasteiger partial charge is 0.497 e. The molecule has 0 bridgehead atoms. The molecule has 10 heteroatoms. The van der Waals surface area contributed by atoms with Gasteiger partial charge < -0.3 is 19.7 Å². The molecule has 1 N–H and O–H groups in total. The fraction of sp³-hybridized carbons (Fsp3) is 0.200. The van der Waals surface area contributed by atoms with Crippen molar-refractivity contribution in [1.82, 2.24) is 19.4 Å². The van der Waals surface area contributed by atoms with Crippen LogP contribution in [0.2, 0.25) is 5.02 Å². The Morgan fingerprint density at radius 1 is 0.978 bits per heavy atom. The fourth-order valence-corrected chi connectivity index (χ4v) is 5.21. The van der Waals surface area contributed by atoms with Crippen molar-refractivity contribution in [2.75, 3.05) is 40.2 Å². The van der Waals surface area contributed by atoms with Gasteiger partial charge in [0.25, 0.3) is 5.56 Å². The van der Waals surface area contributed by atoms with Gasteiger partial charge in [0.2, 0.25) is 5.95 Å². The fourth-order valence-electron chi connectivity index (χ4n) is 4.92. The van der Waals surface area contributed by atoms with Gasteiger partial charge in [-0.25, -0.2) is 4.98 Å². The summed E-state index contributed by atoms with van der Waals surface area (Å²) in [6, 6.07) is 22.3. The van der Waals surface area contributed by atoms with E-state index in [0.717, 1.165) is 16.8 Å². The number of carbonyl (C=O) groups excluding carboxylic acids is 1. The number of hydrogen-bond acceptors (Lipinski definition) is 8. The highest BCUT2D eigenvalue weighted by Crippen LogP contribution is 2.38. The maximum absolute atomic E-state index is 14.3. The van der Waals surface area contributed by atoms with Gasteiger partial charge in [-0.2, -0.15) is 4.98 Å². The number of halogens is 1. The van der Waals surface area contributed by atoms with E-state index in [1.807, 2.05) is 79.7 Å². The molecular formula is C35H34ClN5O4. The lowest BCUT2D eigenvalue weighted by Gasteiger charge is -2.16. The number of aromatic nitrogens is 3. The number of pyridine rings is 1. The SMILES string of the molecule is COc1cc(OC)c(Cl)c(-c2cc3cnc(Nc4ccccc4)nc3n(Cc3cccc(CC(=O)/C=C/CN(C)C)c3)c2=O)c1. The lowest BCUT2D eigenvalue weighted by Crippen LogP contribution is -2.24. The summed E-state index contributed by atoms with van der Waals surface area (Å²) in [5.41, 5.74) is 3.44. The zero-order chi connectivity index (χ0) is 31.9. The summed E-state index contributed by atoms with van der Waals surface area (Å²) in [6.07, 6.45) is 5.38. The summed E-state index contributed by atoms with van der Waals surface area (Å²) in [6.45, 7) is 0.881. The Hall–Kier alpha value is -4.99. The monoisotopic (exact) mass is 623 g/mol. The van der Waals surface area contributed by atoms with Gasteiger partial charge in [-0.05, 0) is 55.6 Å². The maximum Gasteiger partial charge on any atom is 0.260 e. The van der Waals surface area contributed by atoms with Gasteiger partial charge in [0.15, 0.2) is 5.78 Å². The first-order chi connectivity index (χ1) is 21.7. The Balaban J connectivity index is 1.60. The number of para-hydroxylation sites is 1. The standard InChI is InChI=1S/C35H34ClN5O4/c1-40(2)15-9-14-27(42)17-23-10-8-11-24(16-23)22-41-33-25(21-37-35(39-33)38-26-12-6-5-7-13-26)18-30(34(41)43)29-19-28(44-3)20-31(45-4)32(29)36/h5-14,16,18-21H,15,17,22H2,1-4H3,(H,37,38,39)/b14-9+. The van der Waals surface area contributed by atoms with Crippen molar-refractivity contribution in [3.05, 3.63) is 118 Å². The lowest BCUT2D eigenvalue weighted by atomic mass is 10.0. The molecule has 45 heavy (non-hydrogen) atoms. The molecule has 9 nitrogen and oxygen atoms in total. The van der Waals surface area contributed by atoms with Crippen molar-refractivity contribution >= 4 is 40.1 Å². The van der Waals surface area contributed by atoms with Crippen LogP contribution in [0, 0.1) is 0 Å². The first kappa shape index (κ1) is 31.4. The Morgan fingerprint density at radius 3 is 2.49 bits per heavy atom. The predicted octanol–water partition coefficient (Wildman–Crippen LogP) is 6.15. The van der Waals surface area contributed by atoms with Crippen molar-refractivity contribution in [1.29, 1.82) is 0 Å². The molecule has 0 saturated carbocycles. The van der Waals surface area contributed by atoms with Gasteiger partial charge in [0.05, 0.1) is 25.8 Å². The smallest absolute Gasteiger partial charge is 0.260 e. The number of hydrogen-bond donors (Lipinski definition) is 1. The summed E-state index contributed by atoms with van der Waals surface area (Å²) in [5.74, 6) is 1.23. The number of benzene rings is 3. The highest BCUT2D eigenvalue weighted by Gasteiger charge is 2.19. The molecule has 0 amide bonds. The van der Waals surface area contributed by atoms with Gasteiger partial charge in [0.1, 0.15) is 17.1 Å². The Kier molecular flexibility index (Phi) is 9.92. The van der Waals surface area contributed by atoms with E-state index < -0.39 is 0 Å². The molecule has 0 aliphatic carbocycles. The first-order valence-corrected chi connectivity index (χ1v) is 14.7. The van der Waals surface area contributed by atoms with Crippen LogP contribution in [-0.4, -0.2) is 60.1 Å². The molecule has 0 saturated heterocycles. The minimum atomic E-state index is -0.308. The highest BCUT2D eigenvalue weighted by molar-refractivity contribution is 6.35. The Labute approximate surface area is 266 Å².